The van der Waals surface area contributed by atoms with E-state index in [1.165, 1.54) is 6.20 Å². The second-order valence-electron chi connectivity index (χ2n) is 4.07. The summed E-state index contributed by atoms with van der Waals surface area (Å²) in [7, 11) is 0. The van der Waals surface area contributed by atoms with Crippen LogP contribution in [0.1, 0.15) is 17.0 Å². The zero-order valence-corrected chi connectivity index (χ0v) is 8.88. The molecule has 3 rings (SSSR count). The molecule has 0 amide bonds. The Morgan fingerprint density at radius 3 is 2.94 bits per heavy atom. The second-order valence-corrected chi connectivity index (χ2v) is 4.07. The van der Waals surface area contributed by atoms with Crippen LogP contribution in [0.15, 0.2) is 18.3 Å². The highest BCUT2D eigenvalue weighted by molar-refractivity contribution is 5.47. The van der Waals surface area contributed by atoms with Gasteiger partial charge >= 0.3 is 6.18 Å². The average Bonchev–Trinajstić information content (AvgIpc) is 2.65. The van der Waals surface area contributed by atoms with E-state index < -0.39 is 11.7 Å². The summed E-state index contributed by atoms with van der Waals surface area (Å²) < 4.78 is 39.4. The molecule has 90 valence electrons. The highest BCUT2D eigenvalue weighted by Crippen LogP contribution is 2.30. The Morgan fingerprint density at radius 2 is 2.18 bits per heavy atom. The van der Waals surface area contributed by atoms with Crippen LogP contribution in [-0.4, -0.2) is 15.9 Å². The van der Waals surface area contributed by atoms with Crippen molar-refractivity contribution in [1.82, 2.24) is 14.7 Å². The van der Waals surface area contributed by atoms with Crippen LogP contribution < -0.4 is 5.32 Å². The van der Waals surface area contributed by atoms with Crippen LogP contribution in [0, 0.1) is 0 Å². The van der Waals surface area contributed by atoms with Gasteiger partial charge in [0.15, 0.2) is 0 Å². The fraction of sp³-hybridized carbons (Fsp3) is 0.364. The molecule has 17 heavy (non-hydrogen) atoms. The minimum Gasteiger partial charge on any atom is -0.311 e. The van der Waals surface area contributed by atoms with Gasteiger partial charge in [0.05, 0.1) is 17.0 Å². The van der Waals surface area contributed by atoms with Crippen molar-refractivity contribution in [3.8, 4) is 0 Å². The lowest BCUT2D eigenvalue weighted by Crippen LogP contribution is -2.24. The van der Waals surface area contributed by atoms with Crippen molar-refractivity contribution in [1.29, 1.82) is 0 Å². The molecule has 0 aliphatic carbocycles. The van der Waals surface area contributed by atoms with Gasteiger partial charge in [0.25, 0.3) is 0 Å². The van der Waals surface area contributed by atoms with Gasteiger partial charge in [0.2, 0.25) is 0 Å². The third-order valence-electron chi connectivity index (χ3n) is 2.97. The Balaban J connectivity index is 2.18. The third kappa shape index (κ3) is 1.68. The van der Waals surface area contributed by atoms with Gasteiger partial charge in [0.1, 0.15) is 5.65 Å². The first-order valence-electron chi connectivity index (χ1n) is 5.33. The Hall–Kier alpha value is -1.56. The number of nitrogens with zero attached hydrogens (tertiary/aromatic N) is 2. The van der Waals surface area contributed by atoms with E-state index in [0.717, 1.165) is 36.5 Å². The van der Waals surface area contributed by atoms with Crippen LogP contribution in [0.4, 0.5) is 13.2 Å². The molecule has 0 bridgehead atoms. The molecule has 1 N–H and O–H groups in total. The smallest absolute Gasteiger partial charge is 0.311 e. The van der Waals surface area contributed by atoms with E-state index in [-0.39, 0.29) is 0 Å². The van der Waals surface area contributed by atoms with E-state index in [1.807, 2.05) is 0 Å². The molecule has 2 aromatic rings. The quantitative estimate of drug-likeness (QED) is 0.764. The maximum Gasteiger partial charge on any atom is 0.416 e. The summed E-state index contributed by atoms with van der Waals surface area (Å²) in [5.74, 6) is 0. The predicted molar refractivity (Wildman–Crippen MR) is 55.6 cm³/mol. The molecule has 1 aliphatic heterocycles. The topological polar surface area (TPSA) is 29.3 Å². The van der Waals surface area contributed by atoms with Gasteiger partial charge < -0.3 is 9.72 Å². The fourth-order valence-corrected chi connectivity index (χ4v) is 2.12. The fourth-order valence-electron chi connectivity index (χ4n) is 2.12. The molecule has 0 atom stereocenters. The lowest BCUT2D eigenvalue weighted by atomic mass is 10.2. The summed E-state index contributed by atoms with van der Waals surface area (Å²) in [6.07, 6.45) is -2.11. The number of alkyl halides is 3. The first-order chi connectivity index (χ1) is 8.05. The summed E-state index contributed by atoms with van der Waals surface area (Å²) >= 11 is 0. The Kier molecular flexibility index (Phi) is 2.16. The lowest BCUT2D eigenvalue weighted by molar-refractivity contribution is -0.137. The van der Waals surface area contributed by atoms with Gasteiger partial charge in [-0.3, -0.25) is 0 Å². The summed E-state index contributed by atoms with van der Waals surface area (Å²) in [5, 5.41) is 3.18. The number of halogens is 3. The standard InChI is InChI=1S/C11H10F3N3/c12-11(13,14)7-2-4-17-9-6-15-3-1-8(9)16-10(17)5-7/h2,4-5,15H,1,3,6H2. The number of aromatic nitrogens is 2. The number of hydrogen-bond acceptors (Lipinski definition) is 2. The number of nitrogens with one attached hydrogen (secondary N) is 1. The van der Waals surface area contributed by atoms with Crippen molar-refractivity contribution in [2.45, 2.75) is 19.1 Å². The molecule has 0 radical (unpaired) electrons. The normalized spacial score (nSPS) is 16.2. The highest BCUT2D eigenvalue weighted by atomic mass is 19.4. The number of hydrogen-bond donors (Lipinski definition) is 1. The van der Waals surface area contributed by atoms with E-state index >= 15 is 0 Å². The van der Waals surface area contributed by atoms with Gasteiger partial charge in [-0.15, -0.1) is 0 Å². The number of imidazole rings is 1. The molecule has 0 saturated carbocycles. The van der Waals surface area contributed by atoms with Gasteiger partial charge in [-0.05, 0) is 12.1 Å². The van der Waals surface area contributed by atoms with Crippen LogP contribution in [0.3, 0.4) is 0 Å². The monoisotopic (exact) mass is 241 g/mol. The van der Waals surface area contributed by atoms with Gasteiger partial charge in [-0.2, -0.15) is 13.2 Å². The number of rotatable bonds is 0. The molecule has 0 fully saturated rings. The summed E-state index contributed by atoms with van der Waals surface area (Å²) in [4.78, 5) is 4.25. The molecule has 1 aliphatic rings. The molecular weight excluding hydrogens is 231 g/mol. The molecule has 3 heterocycles. The molecule has 0 saturated heterocycles. The van der Waals surface area contributed by atoms with Crippen LogP contribution >= 0.6 is 0 Å². The van der Waals surface area contributed by atoms with Gasteiger partial charge in [-0.1, -0.05) is 0 Å². The van der Waals surface area contributed by atoms with E-state index in [2.05, 4.69) is 10.3 Å². The van der Waals surface area contributed by atoms with E-state index in [4.69, 9.17) is 0 Å². The lowest BCUT2D eigenvalue weighted by Gasteiger charge is -2.12. The van der Waals surface area contributed by atoms with Crippen molar-refractivity contribution < 1.29 is 13.2 Å². The molecule has 0 unspecified atom stereocenters. The zero-order valence-electron chi connectivity index (χ0n) is 8.88. The van der Waals surface area contributed by atoms with Crippen LogP contribution in [0.5, 0.6) is 0 Å². The summed E-state index contributed by atoms with van der Waals surface area (Å²) in [5.41, 5.74) is 1.57. The van der Waals surface area contributed by atoms with Gasteiger partial charge in [-0.25, -0.2) is 4.98 Å². The molecule has 6 heteroatoms. The Bertz CT molecular complexity index is 571. The Labute approximate surface area is 95.3 Å². The van der Waals surface area contributed by atoms with Crippen molar-refractivity contribution in [3.63, 3.8) is 0 Å². The number of fused-ring (bicyclic) bond motifs is 3. The van der Waals surface area contributed by atoms with E-state index in [1.54, 1.807) is 4.40 Å². The SMILES string of the molecule is FC(F)(F)c1ccn2c3c(nc2c1)CCNC3. The van der Waals surface area contributed by atoms with Crippen LogP contribution in [0.2, 0.25) is 0 Å². The molecule has 0 aromatic carbocycles. The van der Waals surface area contributed by atoms with Crippen molar-refractivity contribution in [3.05, 3.63) is 35.3 Å². The maximum absolute atomic E-state index is 12.5. The molecule has 2 aromatic heterocycles. The predicted octanol–water partition coefficient (Wildman–Crippen LogP) is 2.00. The highest BCUT2D eigenvalue weighted by Gasteiger charge is 2.31. The maximum atomic E-state index is 12.5. The summed E-state index contributed by atoms with van der Waals surface area (Å²) in [6.45, 7) is 1.48. The third-order valence-corrected chi connectivity index (χ3v) is 2.97. The van der Waals surface area contributed by atoms with Crippen molar-refractivity contribution in [2.24, 2.45) is 0 Å². The largest absolute Gasteiger partial charge is 0.416 e. The first kappa shape index (κ1) is 10.6. The van der Waals surface area contributed by atoms with Crippen LogP contribution in [-0.2, 0) is 19.1 Å². The molecule has 0 spiro atoms. The van der Waals surface area contributed by atoms with Crippen LogP contribution in [0.25, 0.3) is 5.65 Å². The minimum atomic E-state index is -4.31. The van der Waals surface area contributed by atoms with Gasteiger partial charge in [0, 0.05) is 25.7 Å². The average molecular weight is 241 g/mol. The van der Waals surface area contributed by atoms with Crippen molar-refractivity contribution >= 4 is 5.65 Å². The number of pyridine rings is 1. The second kappa shape index (κ2) is 3.46. The first-order valence-corrected chi connectivity index (χ1v) is 5.33. The Morgan fingerprint density at radius 1 is 1.35 bits per heavy atom. The minimum absolute atomic E-state index is 0.369. The van der Waals surface area contributed by atoms with E-state index in [0.29, 0.717) is 12.2 Å². The molecule has 3 nitrogen and oxygen atoms in total. The molecular formula is C11H10F3N3. The van der Waals surface area contributed by atoms with Crippen molar-refractivity contribution in [2.75, 3.05) is 6.54 Å². The zero-order chi connectivity index (χ0) is 12.0. The summed E-state index contributed by atoms with van der Waals surface area (Å²) in [6, 6.07) is 2.18. The van der Waals surface area contributed by atoms with E-state index in [9.17, 15) is 13.2 Å².